The molecule has 0 saturated carbocycles. The van der Waals surface area contributed by atoms with E-state index in [1.54, 1.807) is 0 Å². The Morgan fingerprint density at radius 3 is 2.43 bits per heavy atom. The quantitative estimate of drug-likeness (QED) is 0.646. The fraction of sp³-hybridized carbons (Fsp3) is 0.429. The van der Waals surface area contributed by atoms with Gasteiger partial charge in [-0.15, -0.1) is 0 Å². The van der Waals surface area contributed by atoms with E-state index >= 15 is 0 Å². The highest BCUT2D eigenvalue weighted by molar-refractivity contribution is 5.51. The van der Waals surface area contributed by atoms with Gasteiger partial charge in [-0.2, -0.15) is 0 Å². The van der Waals surface area contributed by atoms with E-state index in [9.17, 15) is 0 Å². The molecule has 0 heteroatoms. The van der Waals surface area contributed by atoms with Gasteiger partial charge in [0.1, 0.15) is 0 Å². The van der Waals surface area contributed by atoms with E-state index < -0.39 is 0 Å². The lowest BCUT2D eigenvalue weighted by atomic mass is 9.92. The minimum atomic E-state index is 0.816. The minimum absolute atomic E-state index is 0.816. The van der Waals surface area contributed by atoms with Crippen molar-refractivity contribution >= 4 is 6.08 Å². The minimum Gasteiger partial charge on any atom is -0.0985 e. The van der Waals surface area contributed by atoms with Gasteiger partial charge in [-0.1, -0.05) is 63.6 Å². The third-order valence-corrected chi connectivity index (χ3v) is 2.94. The molecule has 0 aliphatic carbocycles. The summed E-state index contributed by atoms with van der Waals surface area (Å²) in [6, 6.07) is 8.55. The van der Waals surface area contributed by atoms with Crippen LogP contribution in [0.3, 0.4) is 0 Å². The smallest absolute Gasteiger partial charge is 0.0230 e. The average molecular weight is 188 g/mol. The summed E-state index contributed by atoms with van der Waals surface area (Å²) in [7, 11) is 0. The van der Waals surface area contributed by atoms with Crippen molar-refractivity contribution in [2.75, 3.05) is 0 Å². The van der Waals surface area contributed by atoms with Gasteiger partial charge < -0.3 is 0 Å². The third kappa shape index (κ3) is 2.73. The average Bonchev–Trinajstić information content (AvgIpc) is 2.26. The Balaban J connectivity index is 2.79. The summed E-state index contributed by atoms with van der Waals surface area (Å²) in [5.74, 6) is 0.816. The molecule has 0 unspecified atom stereocenters. The van der Waals surface area contributed by atoms with Crippen LogP contribution in [0.25, 0.3) is 6.08 Å². The van der Waals surface area contributed by atoms with Crippen LogP contribution in [0.5, 0.6) is 0 Å². The lowest BCUT2D eigenvalue weighted by Crippen LogP contribution is -2.02. The molecule has 0 heterocycles. The Morgan fingerprint density at radius 1 is 1.21 bits per heavy atom. The van der Waals surface area contributed by atoms with Gasteiger partial charge in [-0.05, 0) is 23.5 Å². The first-order valence-corrected chi connectivity index (χ1v) is 5.52. The van der Waals surface area contributed by atoms with Crippen molar-refractivity contribution in [3.8, 4) is 0 Å². The van der Waals surface area contributed by atoms with E-state index in [1.165, 1.54) is 30.4 Å². The standard InChI is InChI=1S/C14H20/c1-4-12(5-2)11-14-10-8-7-9-13(14)6-3/h6-10,12H,3-5,11H2,1-2H3. The zero-order valence-electron chi connectivity index (χ0n) is 9.29. The summed E-state index contributed by atoms with van der Waals surface area (Å²) in [6.07, 6.45) is 5.68. The molecule has 0 amide bonds. The predicted molar refractivity (Wildman–Crippen MR) is 64.3 cm³/mol. The lowest BCUT2D eigenvalue weighted by Gasteiger charge is -2.13. The van der Waals surface area contributed by atoms with Gasteiger partial charge in [-0.25, -0.2) is 0 Å². The third-order valence-electron chi connectivity index (χ3n) is 2.94. The summed E-state index contributed by atoms with van der Waals surface area (Å²) in [5.41, 5.74) is 2.73. The number of hydrogen-bond donors (Lipinski definition) is 0. The Morgan fingerprint density at radius 2 is 1.86 bits per heavy atom. The second-order valence-corrected chi connectivity index (χ2v) is 3.79. The molecule has 1 aromatic rings. The van der Waals surface area contributed by atoms with Crippen molar-refractivity contribution in [3.63, 3.8) is 0 Å². The van der Waals surface area contributed by atoms with E-state index in [4.69, 9.17) is 0 Å². The summed E-state index contributed by atoms with van der Waals surface area (Å²) in [5, 5.41) is 0. The fourth-order valence-corrected chi connectivity index (χ4v) is 1.81. The van der Waals surface area contributed by atoms with Crippen LogP contribution in [0.4, 0.5) is 0 Å². The van der Waals surface area contributed by atoms with Crippen molar-refractivity contribution in [3.05, 3.63) is 42.0 Å². The molecule has 1 aromatic carbocycles. The topological polar surface area (TPSA) is 0 Å². The van der Waals surface area contributed by atoms with Crippen LogP contribution in [-0.4, -0.2) is 0 Å². The molecule has 1 rings (SSSR count). The molecular weight excluding hydrogens is 168 g/mol. The van der Waals surface area contributed by atoms with Crippen molar-refractivity contribution in [1.82, 2.24) is 0 Å². The SMILES string of the molecule is C=Cc1ccccc1CC(CC)CC. The van der Waals surface area contributed by atoms with Crippen LogP contribution in [0, 0.1) is 5.92 Å². The molecule has 0 aliphatic heterocycles. The molecule has 0 N–H and O–H groups in total. The first-order chi connectivity index (χ1) is 6.81. The molecule has 0 aliphatic rings. The molecular formula is C14H20. The molecule has 0 fully saturated rings. The normalized spacial score (nSPS) is 10.5. The largest absolute Gasteiger partial charge is 0.0985 e. The Hall–Kier alpha value is -1.04. The van der Waals surface area contributed by atoms with Crippen molar-refractivity contribution in [2.24, 2.45) is 5.92 Å². The highest BCUT2D eigenvalue weighted by Gasteiger charge is 2.06. The second-order valence-electron chi connectivity index (χ2n) is 3.79. The molecule has 0 spiro atoms. The molecule has 0 aromatic heterocycles. The second kappa shape index (κ2) is 5.64. The first-order valence-electron chi connectivity index (χ1n) is 5.52. The molecule has 0 saturated heterocycles. The number of hydrogen-bond acceptors (Lipinski definition) is 0. The van der Waals surface area contributed by atoms with Gasteiger partial charge >= 0.3 is 0 Å². The monoisotopic (exact) mass is 188 g/mol. The lowest BCUT2D eigenvalue weighted by molar-refractivity contribution is 0.490. The van der Waals surface area contributed by atoms with Crippen molar-refractivity contribution in [1.29, 1.82) is 0 Å². The highest BCUT2D eigenvalue weighted by atomic mass is 14.1. The van der Waals surface area contributed by atoms with Gasteiger partial charge in [0.2, 0.25) is 0 Å². The van der Waals surface area contributed by atoms with Crippen LogP contribution >= 0.6 is 0 Å². The maximum Gasteiger partial charge on any atom is -0.0230 e. The maximum absolute atomic E-state index is 3.85. The Bertz CT molecular complexity index is 282. The van der Waals surface area contributed by atoms with Gasteiger partial charge in [0.25, 0.3) is 0 Å². The van der Waals surface area contributed by atoms with Crippen LogP contribution in [0.15, 0.2) is 30.8 Å². The summed E-state index contributed by atoms with van der Waals surface area (Å²) in [4.78, 5) is 0. The fourth-order valence-electron chi connectivity index (χ4n) is 1.81. The molecule has 0 nitrogen and oxygen atoms in total. The Kier molecular flexibility index (Phi) is 4.45. The summed E-state index contributed by atoms with van der Waals surface area (Å²) >= 11 is 0. The number of benzene rings is 1. The van der Waals surface area contributed by atoms with Crippen molar-refractivity contribution < 1.29 is 0 Å². The Labute approximate surface area is 87.7 Å². The number of rotatable bonds is 5. The molecule has 14 heavy (non-hydrogen) atoms. The van der Waals surface area contributed by atoms with E-state index in [2.05, 4.69) is 44.7 Å². The molecule has 0 bridgehead atoms. The van der Waals surface area contributed by atoms with Crippen LogP contribution in [-0.2, 0) is 6.42 Å². The zero-order chi connectivity index (χ0) is 10.4. The molecule has 76 valence electrons. The van der Waals surface area contributed by atoms with E-state index in [0.717, 1.165) is 5.92 Å². The zero-order valence-corrected chi connectivity index (χ0v) is 9.29. The summed E-state index contributed by atoms with van der Waals surface area (Å²) < 4.78 is 0. The first kappa shape index (κ1) is 11.0. The summed E-state index contributed by atoms with van der Waals surface area (Å²) in [6.45, 7) is 8.39. The van der Waals surface area contributed by atoms with E-state index in [0.29, 0.717) is 0 Å². The van der Waals surface area contributed by atoms with Gasteiger partial charge in [0.05, 0.1) is 0 Å². The maximum atomic E-state index is 3.85. The van der Waals surface area contributed by atoms with Crippen molar-refractivity contribution in [2.45, 2.75) is 33.1 Å². The van der Waals surface area contributed by atoms with Gasteiger partial charge in [0, 0.05) is 0 Å². The van der Waals surface area contributed by atoms with E-state index in [-0.39, 0.29) is 0 Å². The van der Waals surface area contributed by atoms with Gasteiger partial charge in [-0.3, -0.25) is 0 Å². The molecule has 0 atom stereocenters. The van der Waals surface area contributed by atoms with Crippen LogP contribution < -0.4 is 0 Å². The highest BCUT2D eigenvalue weighted by Crippen LogP contribution is 2.19. The van der Waals surface area contributed by atoms with Crippen LogP contribution in [0.2, 0.25) is 0 Å². The van der Waals surface area contributed by atoms with Crippen LogP contribution in [0.1, 0.15) is 37.8 Å². The molecule has 0 radical (unpaired) electrons. The van der Waals surface area contributed by atoms with Gasteiger partial charge in [0.15, 0.2) is 0 Å². The van der Waals surface area contributed by atoms with E-state index in [1.807, 2.05) is 6.08 Å². The predicted octanol–water partition coefficient (Wildman–Crippen LogP) is 4.31.